The number of hydrogen-bond donors (Lipinski definition) is 2. The molecule has 1 rings (SSSR count). The maximum atomic E-state index is 9.09. The molecule has 0 heterocycles. The van der Waals surface area contributed by atoms with E-state index in [1.54, 1.807) is 6.92 Å². The summed E-state index contributed by atoms with van der Waals surface area (Å²) in [4.78, 5) is 0. The zero-order valence-electron chi connectivity index (χ0n) is 8.66. The van der Waals surface area contributed by atoms with Gasteiger partial charge in [0.05, 0.1) is 12.7 Å². The van der Waals surface area contributed by atoms with E-state index >= 15 is 0 Å². The molecule has 0 aliphatic carbocycles. The number of aliphatic hydroxyl groups is 1. The lowest BCUT2D eigenvalue weighted by atomic mass is 10.3. The van der Waals surface area contributed by atoms with E-state index in [9.17, 15) is 0 Å². The van der Waals surface area contributed by atoms with Crippen molar-refractivity contribution < 1.29 is 9.84 Å². The summed E-state index contributed by atoms with van der Waals surface area (Å²) in [5, 5.41) is 12.2. The molecule has 78 valence electrons. The van der Waals surface area contributed by atoms with Gasteiger partial charge in [0.15, 0.2) is 0 Å². The zero-order chi connectivity index (χ0) is 10.4. The molecule has 1 aromatic rings. The number of hydrogen-bond acceptors (Lipinski definition) is 3. The van der Waals surface area contributed by atoms with E-state index in [0.29, 0.717) is 13.2 Å². The minimum Gasteiger partial charge on any atom is -0.494 e. The fourth-order valence-electron chi connectivity index (χ4n) is 1.13. The molecule has 0 saturated carbocycles. The predicted molar refractivity (Wildman–Crippen MR) is 57.8 cm³/mol. The monoisotopic (exact) mass is 195 g/mol. The molecule has 0 fully saturated rings. The van der Waals surface area contributed by atoms with Crippen molar-refractivity contribution in [2.75, 3.05) is 18.5 Å². The molecule has 14 heavy (non-hydrogen) atoms. The quantitative estimate of drug-likeness (QED) is 0.753. The Hall–Kier alpha value is -1.22. The van der Waals surface area contributed by atoms with Crippen LogP contribution in [0.3, 0.4) is 0 Å². The van der Waals surface area contributed by atoms with Crippen molar-refractivity contribution in [1.29, 1.82) is 0 Å². The fraction of sp³-hybridized carbons (Fsp3) is 0.455. The minimum atomic E-state index is -0.342. The Labute approximate surface area is 84.7 Å². The highest BCUT2D eigenvalue weighted by Crippen LogP contribution is 2.16. The summed E-state index contributed by atoms with van der Waals surface area (Å²) >= 11 is 0. The van der Waals surface area contributed by atoms with Crippen LogP contribution in [0.4, 0.5) is 5.69 Å². The van der Waals surface area contributed by atoms with E-state index in [2.05, 4.69) is 5.32 Å². The maximum absolute atomic E-state index is 9.09. The van der Waals surface area contributed by atoms with Crippen molar-refractivity contribution in [1.82, 2.24) is 0 Å². The molecule has 3 nitrogen and oxygen atoms in total. The van der Waals surface area contributed by atoms with Gasteiger partial charge < -0.3 is 15.2 Å². The Morgan fingerprint density at radius 1 is 1.50 bits per heavy atom. The van der Waals surface area contributed by atoms with E-state index in [1.807, 2.05) is 31.2 Å². The lowest BCUT2D eigenvalue weighted by Gasteiger charge is -2.09. The topological polar surface area (TPSA) is 41.5 Å². The van der Waals surface area contributed by atoms with Gasteiger partial charge in [-0.2, -0.15) is 0 Å². The first kappa shape index (κ1) is 10.9. The van der Waals surface area contributed by atoms with Gasteiger partial charge in [0, 0.05) is 18.3 Å². The molecule has 0 aliphatic rings. The molecule has 0 saturated heterocycles. The second kappa shape index (κ2) is 5.50. The van der Waals surface area contributed by atoms with Crippen LogP contribution in [0.25, 0.3) is 0 Å². The van der Waals surface area contributed by atoms with Crippen molar-refractivity contribution in [3.05, 3.63) is 24.3 Å². The Kier molecular flexibility index (Phi) is 4.26. The molecule has 0 radical (unpaired) electrons. The zero-order valence-corrected chi connectivity index (χ0v) is 8.66. The van der Waals surface area contributed by atoms with Gasteiger partial charge in [0.2, 0.25) is 0 Å². The maximum Gasteiger partial charge on any atom is 0.121 e. The van der Waals surface area contributed by atoms with Crippen LogP contribution in [0.15, 0.2) is 24.3 Å². The van der Waals surface area contributed by atoms with Gasteiger partial charge in [-0.15, -0.1) is 0 Å². The predicted octanol–water partition coefficient (Wildman–Crippen LogP) is 1.88. The smallest absolute Gasteiger partial charge is 0.121 e. The Morgan fingerprint density at radius 3 is 2.93 bits per heavy atom. The molecule has 3 heteroatoms. The van der Waals surface area contributed by atoms with Crippen molar-refractivity contribution in [2.24, 2.45) is 0 Å². The number of rotatable bonds is 5. The lowest BCUT2D eigenvalue weighted by Crippen LogP contribution is -2.15. The summed E-state index contributed by atoms with van der Waals surface area (Å²) in [6.45, 7) is 4.92. The van der Waals surface area contributed by atoms with Crippen LogP contribution in [0.5, 0.6) is 5.75 Å². The number of anilines is 1. The Balaban J connectivity index is 2.54. The van der Waals surface area contributed by atoms with Crippen LogP contribution in [-0.4, -0.2) is 24.4 Å². The van der Waals surface area contributed by atoms with Crippen LogP contribution < -0.4 is 10.1 Å². The molecule has 0 unspecified atom stereocenters. The number of ether oxygens (including phenoxy) is 1. The third-order valence-corrected chi connectivity index (χ3v) is 1.75. The second-order valence-corrected chi connectivity index (χ2v) is 3.19. The summed E-state index contributed by atoms with van der Waals surface area (Å²) in [6.07, 6.45) is -0.342. The van der Waals surface area contributed by atoms with Crippen molar-refractivity contribution in [3.63, 3.8) is 0 Å². The van der Waals surface area contributed by atoms with Crippen LogP contribution >= 0.6 is 0 Å². The highest BCUT2D eigenvalue weighted by Gasteiger charge is 1.97. The van der Waals surface area contributed by atoms with Crippen molar-refractivity contribution in [2.45, 2.75) is 20.0 Å². The summed E-state index contributed by atoms with van der Waals surface area (Å²) < 4.78 is 5.35. The average Bonchev–Trinajstić information content (AvgIpc) is 2.16. The highest BCUT2D eigenvalue weighted by atomic mass is 16.5. The largest absolute Gasteiger partial charge is 0.494 e. The molecule has 0 amide bonds. The molecular formula is C11H17NO2. The Morgan fingerprint density at radius 2 is 2.29 bits per heavy atom. The molecule has 0 aliphatic heterocycles. The molecule has 0 spiro atoms. The number of benzene rings is 1. The van der Waals surface area contributed by atoms with Gasteiger partial charge >= 0.3 is 0 Å². The average molecular weight is 195 g/mol. The van der Waals surface area contributed by atoms with E-state index in [1.165, 1.54) is 0 Å². The first-order valence-corrected chi connectivity index (χ1v) is 4.87. The highest BCUT2D eigenvalue weighted by molar-refractivity contribution is 5.48. The van der Waals surface area contributed by atoms with E-state index in [-0.39, 0.29) is 6.10 Å². The van der Waals surface area contributed by atoms with Crippen molar-refractivity contribution >= 4 is 5.69 Å². The van der Waals surface area contributed by atoms with Gasteiger partial charge in [-0.1, -0.05) is 6.07 Å². The third kappa shape index (κ3) is 3.66. The lowest BCUT2D eigenvalue weighted by molar-refractivity contribution is 0.208. The van der Waals surface area contributed by atoms with E-state index in [0.717, 1.165) is 11.4 Å². The van der Waals surface area contributed by atoms with Crippen molar-refractivity contribution in [3.8, 4) is 5.75 Å². The standard InChI is InChI=1S/C11H17NO2/c1-3-14-11-6-4-5-10(7-11)12-8-9(2)13/h4-7,9,12-13H,3,8H2,1-2H3/t9-/m0/s1. The van der Waals surface area contributed by atoms with Crippen LogP contribution in [0.2, 0.25) is 0 Å². The molecule has 0 bridgehead atoms. The first-order chi connectivity index (χ1) is 6.72. The SMILES string of the molecule is CCOc1cccc(NC[C@H](C)O)c1. The molecule has 1 aromatic carbocycles. The third-order valence-electron chi connectivity index (χ3n) is 1.75. The van der Waals surface area contributed by atoms with E-state index < -0.39 is 0 Å². The van der Waals surface area contributed by atoms with Gasteiger partial charge in [-0.3, -0.25) is 0 Å². The van der Waals surface area contributed by atoms with Crippen LogP contribution in [-0.2, 0) is 0 Å². The van der Waals surface area contributed by atoms with Gasteiger partial charge in [0.1, 0.15) is 5.75 Å². The summed E-state index contributed by atoms with van der Waals surface area (Å²) in [7, 11) is 0. The normalized spacial score (nSPS) is 12.2. The van der Waals surface area contributed by atoms with Gasteiger partial charge in [-0.05, 0) is 26.0 Å². The molecular weight excluding hydrogens is 178 g/mol. The van der Waals surface area contributed by atoms with Gasteiger partial charge in [0.25, 0.3) is 0 Å². The Bertz CT molecular complexity index is 274. The number of aliphatic hydroxyl groups excluding tert-OH is 1. The van der Waals surface area contributed by atoms with Crippen LogP contribution in [0.1, 0.15) is 13.8 Å². The van der Waals surface area contributed by atoms with E-state index in [4.69, 9.17) is 9.84 Å². The number of nitrogens with one attached hydrogen (secondary N) is 1. The summed E-state index contributed by atoms with van der Waals surface area (Å²) in [5.74, 6) is 0.850. The molecule has 2 N–H and O–H groups in total. The van der Waals surface area contributed by atoms with Gasteiger partial charge in [-0.25, -0.2) is 0 Å². The molecule has 1 atom stereocenters. The first-order valence-electron chi connectivity index (χ1n) is 4.87. The second-order valence-electron chi connectivity index (χ2n) is 3.19. The molecule has 0 aromatic heterocycles. The fourth-order valence-corrected chi connectivity index (χ4v) is 1.13. The van der Waals surface area contributed by atoms with Crippen LogP contribution in [0, 0.1) is 0 Å². The summed E-state index contributed by atoms with van der Waals surface area (Å²) in [5.41, 5.74) is 0.969. The summed E-state index contributed by atoms with van der Waals surface area (Å²) in [6, 6.07) is 7.71. The minimum absolute atomic E-state index is 0.342.